The molecule has 1 aromatic rings. The van der Waals surface area contributed by atoms with E-state index in [9.17, 15) is 5.11 Å². The van der Waals surface area contributed by atoms with Crippen molar-refractivity contribution in [2.75, 3.05) is 30.4 Å². The first kappa shape index (κ1) is 9.21. The lowest BCUT2D eigenvalue weighted by atomic mass is 10.3. The van der Waals surface area contributed by atoms with E-state index in [1.165, 1.54) is 6.33 Å². The Hall–Kier alpha value is -1.36. The van der Waals surface area contributed by atoms with Crippen molar-refractivity contribution in [1.82, 2.24) is 9.97 Å². The number of nitrogens with zero attached hydrogens (tertiary/aromatic N) is 3. The van der Waals surface area contributed by atoms with Gasteiger partial charge >= 0.3 is 0 Å². The van der Waals surface area contributed by atoms with Crippen LogP contribution in [0.15, 0.2) is 12.4 Å². The van der Waals surface area contributed by atoms with E-state index in [4.69, 9.17) is 0 Å². The Morgan fingerprint density at radius 1 is 1.57 bits per heavy atom. The number of nitrogens with one attached hydrogen (secondary N) is 1. The molecule has 0 radical (unpaired) electrons. The summed E-state index contributed by atoms with van der Waals surface area (Å²) in [6.07, 6.45) is 2.13. The maximum Gasteiger partial charge on any atom is 0.134 e. The molecule has 76 valence electrons. The van der Waals surface area contributed by atoms with Crippen LogP contribution in [0.5, 0.6) is 0 Å². The van der Waals surface area contributed by atoms with E-state index in [1.54, 1.807) is 0 Å². The highest BCUT2D eigenvalue weighted by molar-refractivity contribution is 5.48. The molecule has 0 bridgehead atoms. The number of hydrogen-bond donors (Lipinski definition) is 2. The molecule has 5 nitrogen and oxygen atoms in total. The van der Waals surface area contributed by atoms with Crippen LogP contribution in [0.25, 0.3) is 0 Å². The third-order valence-corrected chi connectivity index (χ3v) is 2.40. The van der Waals surface area contributed by atoms with E-state index in [1.807, 2.05) is 13.1 Å². The molecule has 0 aromatic carbocycles. The number of aromatic nitrogens is 2. The van der Waals surface area contributed by atoms with Gasteiger partial charge in [0.1, 0.15) is 18.0 Å². The van der Waals surface area contributed by atoms with Crippen molar-refractivity contribution >= 4 is 11.6 Å². The predicted molar refractivity (Wildman–Crippen MR) is 54.4 cm³/mol. The van der Waals surface area contributed by atoms with E-state index in [-0.39, 0.29) is 6.10 Å². The summed E-state index contributed by atoms with van der Waals surface area (Å²) >= 11 is 0. The summed E-state index contributed by atoms with van der Waals surface area (Å²) in [5.74, 6) is 1.68. The molecule has 2 N–H and O–H groups in total. The Labute approximate surface area is 82.8 Å². The van der Waals surface area contributed by atoms with Crippen LogP contribution in [-0.2, 0) is 0 Å². The second-order valence-electron chi connectivity index (χ2n) is 3.40. The summed E-state index contributed by atoms with van der Waals surface area (Å²) in [4.78, 5) is 10.3. The quantitative estimate of drug-likeness (QED) is 0.698. The molecular formula is C9H14N4O. The first-order valence-corrected chi connectivity index (χ1v) is 4.72. The number of β-amino-alcohol motifs (C(OH)–C–C–N with tert-alkyl or cyclic N) is 1. The molecule has 1 fully saturated rings. The van der Waals surface area contributed by atoms with Gasteiger partial charge in [-0.25, -0.2) is 9.97 Å². The summed E-state index contributed by atoms with van der Waals surface area (Å²) in [6.45, 7) is 1.53. The van der Waals surface area contributed by atoms with Crippen molar-refractivity contribution in [3.63, 3.8) is 0 Å². The second-order valence-corrected chi connectivity index (χ2v) is 3.40. The average molecular weight is 194 g/mol. The summed E-state index contributed by atoms with van der Waals surface area (Å²) in [5, 5.41) is 12.3. The molecule has 2 rings (SSSR count). The summed E-state index contributed by atoms with van der Waals surface area (Å²) in [7, 11) is 1.82. The Bertz CT molecular complexity index is 317. The molecule has 1 aromatic heterocycles. The summed E-state index contributed by atoms with van der Waals surface area (Å²) in [5.41, 5.74) is 0. The molecular weight excluding hydrogens is 180 g/mol. The molecule has 1 unspecified atom stereocenters. The van der Waals surface area contributed by atoms with Gasteiger partial charge in [-0.15, -0.1) is 0 Å². The minimum Gasteiger partial charge on any atom is -0.391 e. The van der Waals surface area contributed by atoms with Crippen LogP contribution in [0.2, 0.25) is 0 Å². The third kappa shape index (κ3) is 1.77. The van der Waals surface area contributed by atoms with Gasteiger partial charge in [0.05, 0.1) is 6.10 Å². The molecule has 2 heterocycles. The van der Waals surface area contributed by atoms with E-state index < -0.39 is 0 Å². The maximum absolute atomic E-state index is 9.39. The number of aliphatic hydroxyl groups is 1. The van der Waals surface area contributed by atoms with Crippen molar-refractivity contribution in [3.8, 4) is 0 Å². The lowest BCUT2D eigenvalue weighted by Gasteiger charge is -2.16. The zero-order valence-electron chi connectivity index (χ0n) is 8.14. The van der Waals surface area contributed by atoms with Gasteiger partial charge in [-0.05, 0) is 6.42 Å². The predicted octanol–water partition coefficient (Wildman–Crippen LogP) is 0.0893. The maximum atomic E-state index is 9.39. The molecule has 1 aliphatic heterocycles. The molecule has 0 amide bonds. The molecule has 5 heteroatoms. The number of aliphatic hydroxyl groups excluding tert-OH is 1. The topological polar surface area (TPSA) is 61.3 Å². The van der Waals surface area contributed by atoms with E-state index in [0.717, 1.165) is 24.6 Å². The molecule has 1 saturated heterocycles. The Morgan fingerprint density at radius 2 is 2.43 bits per heavy atom. The van der Waals surface area contributed by atoms with Gasteiger partial charge in [-0.3, -0.25) is 0 Å². The number of rotatable bonds is 2. The Morgan fingerprint density at radius 3 is 3.07 bits per heavy atom. The molecule has 0 saturated carbocycles. The van der Waals surface area contributed by atoms with Crippen molar-refractivity contribution in [2.45, 2.75) is 12.5 Å². The first-order chi connectivity index (χ1) is 6.79. The first-order valence-electron chi connectivity index (χ1n) is 4.72. The fourth-order valence-electron chi connectivity index (χ4n) is 1.61. The zero-order valence-corrected chi connectivity index (χ0v) is 8.14. The molecule has 0 aliphatic carbocycles. The molecule has 0 spiro atoms. The summed E-state index contributed by atoms with van der Waals surface area (Å²) in [6, 6.07) is 1.89. The lowest BCUT2D eigenvalue weighted by molar-refractivity contribution is 0.198. The summed E-state index contributed by atoms with van der Waals surface area (Å²) < 4.78 is 0. The number of hydrogen-bond acceptors (Lipinski definition) is 5. The standard InChI is InChI=1S/C9H14N4O/c1-10-8-4-9(12-6-11-8)13-3-2-7(14)5-13/h4,6-7,14H,2-3,5H2,1H3,(H,10,11,12). The minimum atomic E-state index is -0.219. The highest BCUT2D eigenvalue weighted by atomic mass is 16.3. The normalized spacial score (nSPS) is 21.3. The van der Waals surface area contributed by atoms with Crippen molar-refractivity contribution < 1.29 is 5.11 Å². The SMILES string of the molecule is CNc1cc(N2CCC(O)C2)ncn1. The largest absolute Gasteiger partial charge is 0.391 e. The fourth-order valence-corrected chi connectivity index (χ4v) is 1.61. The second kappa shape index (κ2) is 3.79. The van der Waals surface area contributed by atoms with Crippen LogP contribution in [0.1, 0.15) is 6.42 Å². The Balaban J connectivity index is 2.15. The van der Waals surface area contributed by atoms with Gasteiger partial charge in [0.25, 0.3) is 0 Å². The van der Waals surface area contributed by atoms with Gasteiger partial charge < -0.3 is 15.3 Å². The monoisotopic (exact) mass is 194 g/mol. The van der Waals surface area contributed by atoms with Crippen LogP contribution < -0.4 is 10.2 Å². The van der Waals surface area contributed by atoms with Gasteiger partial charge in [0.2, 0.25) is 0 Å². The van der Waals surface area contributed by atoms with Crippen LogP contribution in [0, 0.1) is 0 Å². The van der Waals surface area contributed by atoms with Crippen molar-refractivity contribution in [2.24, 2.45) is 0 Å². The van der Waals surface area contributed by atoms with Crippen molar-refractivity contribution in [3.05, 3.63) is 12.4 Å². The number of anilines is 2. The van der Waals surface area contributed by atoms with Crippen LogP contribution >= 0.6 is 0 Å². The van der Waals surface area contributed by atoms with E-state index >= 15 is 0 Å². The van der Waals surface area contributed by atoms with Crippen LogP contribution in [0.3, 0.4) is 0 Å². The zero-order chi connectivity index (χ0) is 9.97. The average Bonchev–Trinajstić information content (AvgIpc) is 2.65. The smallest absolute Gasteiger partial charge is 0.134 e. The molecule has 14 heavy (non-hydrogen) atoms. The van der Waals surface area contributed by atoms with Crippen LogP contribution in [-0.4, -0.2) is 41.3 Å². The van der Waals surface area contributed by atoms with Gasteiger partial charge in [-0.1, -0.05) is 0 Å². The molecule has 1 aliphatic rings. The highest BCUT2D eigenvalue weighted by Crippen LogP contribution is 2.19. The van der Waals surface area contributed by atoms with Gasteiger partial charge in [0, 0.05) is 26.2 Å². The van der Waals surface area contributed by atoms with E-state index in [2.05, 4.69) is 20.2 Å². The van der Waals surface area contributed by atoms with E-state index in [0.29, 0.717) is 6.54 Å². The lowest BCUT2D eigenvalue weighted by Crippen LogP contribution is -2.22. The Kier molecular flexibility index (Phi) is 2.49. The van der Waals surface area contributed by atoms with Crippen molar-refractivity contribution in [1.29, 1.82) is 0 Å². The highest BCUT2D eigenvalue weighted by Gasteiger charge is 2.21. The van der Waals surface area contributed by atoms with Gasteiger partial charge in [-0.2, -0.15) is 0 Å². The molecule has 1 atom stereocenters. The third-order valence-electron chi connectivity index (χ3n) is 2.40. The minimum absolute atomic E-state index is 0.219. The fraction of sp³-hybridized carbons (Fsp3) is 0.556. The van der Waals surface area contributed by atoms with Crippen LogP contribution in [0.4, 0.5) is 11.6 Å². The van der Waals surface area contributed by atoms with Gasteiger partial charge in [0.15, 0.2) is 0 Å².